The summed E-state index contributed by atoms with van der Waals surface area (Å²) in [5, 5.41) is 13.5. The molecule has 1 aromatic carbocycles. The van der Waals surface area contributed by atoms with Gasteiger partial charge in [0.15, 0.2) is 0 Å². The molecule has 0 unspecified atom stereocenters. The molecule has 0 bridgehead atoms. The van der Waals surface area contributed by atoms with Crippen LogP contribution >= 0.6 is 15.9 Å². The van der Waals surface area contributed by atoms with E-state index in [1.165, 1.54) is 17.3 Å². The summed E-state index contributed by atoms with van der Waals surface area (Å²) >= 11 is 3.24. The van der Waals surface area contributed by atoms with E-state index in [1.54, 1.807) is 24.4 Å². The Morgan fingerprint density at radius 2 is 2.04 bits per heavy atom. The van der Waals surface area contributed by atoms with Gasteiger partial charge in [-0.15, -0.1) is 0 Å². The molecule has 3 amide bonds. The maximum atomic E-state index is 12.0. The van der Waals surface area contributed by atoms with E-state index in [0.717, 1.165) is 0 Å². The van der Waals surface area contributed by atoms with Crippen LogP contribution in [0.3, 0.4) is 0 Å². The van der Waals surface area contributed by atoms with E-state index in [-0.39, 0.29) is 17.8 Å². The SMILES string of the molecule is O=C(O)Nc1ccc(Br)cc1NC(=O)CC(=O)N1C=NC=CC1. The summed E-state index contributed by atoms with van der Waals surface area (Å²) in [4.78, 5) is 39.8. The second-order valence-electron chi connectivity index (χ2n) is 4.54. The molecule has 120 valence electrons. The number of benzene rings is 1. The average molecular weight is 381 g/mol. The highest BCUT2D eigenvalue weighted by molar-refractivity contribution is 9.10. The second-order valence-corrected chi connectivity index (χ2v) is 5.46. The zero-order valence-electron chi connectivity index (χ0n) is 11.8. The number of nitrogens with one attached hydrogen (secondary N) is 2. The van der Waals surface area contributed by atoms with Crippen molar-refractivity contribution in [3.8, 4) is 0 Å². The van der Waals surface area contributed by atoms with Crippen molar-refractivity contribution in [1.29, 1.82) is 0 Å². The maximum absolute atomic E-state index is 12.0. The van der Waals surface area contributed by atoms with Crippen LogP contribution in [0.25, 0.3) is 0 Å². The number of hydrogen-bond donors (Lipinski definition) is 3. The summed E-state index contributed by atoms with van der Waals surface area (Å²) in [6.45, 7) is 0.359. The molecule has 0 saturated carbocycles. The summed E-state index contributed by atoms with van der Waals surface area (Å²) in [5.74, 6) is -0.956. The van der Waals surface area contributed by atoms with Crippen molar-refractivity contribution in [2.75, 3.05) is 17.2 Å². The standard InChI is InChI=1S/C14H13BrN4O4/c15-9-2-3-10(18-14(22)23)11(6-9)17-12(20)7-13(21)19-5-1-4-16-8-19/h1-4,6,8,18H,5,7H2,(H,17,20)(H,22,23). The van der Waals surface area contributed by atoms with Crippen LogP contribution in [0.5, 0.6) is 0 Å². The highest BCUT2D eigenvalue weighted by Gasteiger charge is 2.17. The van der Waals surface area contributed by atoms with E-state index in [0.29, 0.717) is 11.0 Å². The Bertz CT molecular complexity index is 702. The van der Waals surface area contributed by atoms with Crippen molar-refractivity contribution < 1.29 is 19.5 Å². The van der Waals surface area contributed by atoms with Crippen LogP contribution in [0.4, 0.5) is 16.2 Å². The van der Waals surface area contributed by atoms with Gasteiger partial charge in [0.1, 0.15) is 6.42 Å². The van der Waals surface area contributed by atoms with Gasteiger partial charge < -0.3 is 10.4 Å². The van der Waals surface area contributed by atoms with Gasteiger partial charge in [0, 0.05) is 17.2 Å². The Hall–Kier alpha value is -2.68. The average Bonchev–Trinajstić information content (AvgIpc) is 2.50. The smallest absolute Gasteiger partial charge is 0.409 e. The Balaban J connectivity index is 2.03. The fourth-order valence-electron chi connectivity index (χ4n) is 1.83. The van der Waals surface area contributed by atoms with Crippen LogP contribution in [0.1, 0.15) is 6.42 Å². The number of carboxylic acid groups (broad SMARTS) is 1. The predicted molar refractivity (Wildman–Crippen MR) is 88.4 cm³/mol. The summed E-state index contributed by atoms with van der Waals surface area (Å²) < 4.78 is 0.656. The molecule has 0 aliphatic carbocycles. The van der Waals surface area contributed by atoms with Gasteiger partial charge in [-0.05, 0) is 24.3 Å². The molecular weight excluding hydrogens is 368 g/mol. The molecule has 9 heteroatoms. The lowest BCUT2D eigenvalue weighted by molar-refractivity contribution is -0.131. The lowest BCUT2D eigenvalue weighted by Gasteiger charge is -2.17. The summed E-state index contributed by atoms with van der Waals surface area (Å²) in [5.41, 5.74) is 0.468. The van der Waals surface area contributed by atoms with Crippen molar-refractivity contribution in [2.24, 2.45) is 4.99 Å². The molecular formula is C14H13BrN4O4. The fraction of sp³-hybridized carbons (Fsp3) is 0.143. The molecule has 0 saturated heterocycles. The molecule has 23 heavy (non-hydrogen) atoms. The van der Waals surface area contributed by atoms with Crippen LogP contribution in [0.2, 0.25) is 0 Å². The quantitative estimate of drug-likeness (QED) is 0.695. The van der Waals surface area contributed by atoms with Gasteiger partial charge in [0.05, 0.1) is 17.7 Å². The highest BCUT2D eigenvalue weighted by Crippen LogP contribution is 2.26. The van der Waals surface area contributed by atoms with Crippen molar-refractivity contribution in [1.82, 2.24) is 4.90 Å². The van der Waals surface area contributed by atoms with Gasteiger partial charge in [0.2, 0.25) is 11.8 Å². The number of anilines is 2. The number of carbonyl (C=O) groups excluding carboxylic acids is 2. The van der Waals surface area contributed by atoms with Crippen LogP contribution in [0.15, 0.2) is 39.9 Å². The highest BCUT2D eigenvalue weighted by atomic mass is 79.9. The predicted octanol–water partition coefficient (Wildman–Crippen LogP) is 2.25. The number of amides is 3. The molecule has 2 rings (SSSR count). The first kappa shape index (κ1) is 16.7. The van der Waals surface area contributed by atoms with Crippen molar-refractivity contribution >= 4 is 51.6 Å². The second kappa shape index (κ2) is 7.54. The topological polar surface area (TPSA) is 111 Å². The first-order valence-corrected chi connectivity index (χ1v) is 7.32. The largest absolute Gasteiger partial charge is 0.465 e. The Morgan fingerprint density at radius 3 is 2.70 bits per heavy atom. The normalized spacial score (nSPS) is 12.8. The van der Waals surface area contributed by atoms with Crippen LogP contribution in [-0.4, -0.2) is 40.8 Å². The molecule has 0 fully saturated rings. The van der Waals surface area contributed by atoms with E-state index in [2.05, 4.69) is 31.6 Å². The lowest BCUT2D eigenvalue weighted by Crippen LogP contribution is -2.33. The first-order chi connectivity index (χ1) is 11.0. The minimum atomic E-state index is -1.25. The van der Waals surface area contributed by atoms with Gasteiger partial charge >= 0.3 is 6.09 Å². The van der Waals surface area contributed by atoms with Gasteiger partial charge in [-0.3, -0.25) is 19.8 Å². The minimum absolute atomic E-state index is 0.212. The van der Waals surface area contributed by atoms with E-state index >= 15 is 0 Å². The first-order valence-electron chi connectivity index (χ1n) is 6.53. The summed E-state index contributed by atoms with van der Waals surface area (Å²) in [7, 11) is 0. The number of rotatable bonds is 4. The Morgan fingerprint density at radius 1 is 1.26 bits per heavy atom. The molecule has 1 aromatic rings. The zero-order chi connectivity index (χ0) is 16.8. The summed E-state index contributed by atoms with van der Waals surface area (Å²) in [6.07, 6.45) is 2.98. The third-order valence-corrected chi connectivity index (χ3v) is 3.32. The van der Waals surface area contributed by atoms with Crippen LogP contribution in [-0.2, 0) is 9.59 Å². The van der Waals surface area contributed by atoms with E-state index in [9.17, 15) is 14.4 Å². The van der Waals surface area contributed by atoms with Crippen molar-refractivity contribution in [3.05, 3.63) is 34.9 Å². The van der Waals surface area contributed by atoms with Gasteiger partial charge in [-0.2, -0.15) is 0 Å². The minimum Gasteiger partial charge on any atom is -0.465 e. The third kappa shape index (κ3) is 4.92. The van der Waals surface area contributed by atoms with E-state index < -0.39 is 17.9 Å². The van der Waals surface area contributed by atoms with Crippen molar-refractivity contribution in [3.63, 3.8) is 0 Å². The summed E-state index contributed by atoms with van der Waals surface area (Å²) in [6, 6.07) is 4.67. The molecule has 8 nitrogen and oxygen atoms in total. The monoisotopic (exact) mass is 380 g/mol. The Labute approximate surface area is 140 Å². The fourth-order valence-corrected chi connectivity index (χ4v) is 2.19. The van der Waals surface area contributed by atoms with Gasteiger partial charge in [-0.1, -0.05) is 15.9 Å². The molecule has 0 aromatic heterocycles. The number of carbonyl (C=O) groups is 3. The number of halogens is 1. The van der Waals surface area contributed by atoms with Crippen LogP contribution in [0, 0.1) is 0 Å². The number of nitrogens with zero attached hydrogens (tertiary/aromatic N) is 2. The zero-order valence-corrected chi connectivity index (χ0v) is 13.4. The van der Waals surface area contributed by atoms with Gasteiger partial charge in [-0.25, -0.2) is 9.79 Å². The maximum Gasteiger partial charge on any atom is 0.409 e. The molecule has 3 N–H and O–H groups in total. The molecule has 1 heterocycles. The number of hydrogen-bond acceptors (Lipinski definition) is 4. The Kier molecular flexibility index (Phi) is 5.47. The van der Waals surface area contributed by atoms with E-state index in [1.807, 2.05) is 0 Å². The van der Waals surface area contributed by atoms with Crippen LogP contribution < -0.4 is 10.6 Å². The molecule has 0 atom stereocenters. The van der Waals surface area contributed by atoms with Gasteiger partial charge in [0.25, 0.3) is 0 Å². The molecule has 1 aliphatic rings. The number of aliphatic imine (C=N–C) groups is 1. The molecule has 0 spiro atoms. The van der Waals surface area contributed by atoms with E-state index in [4.69, 9.17) is 5.11 Å². The molecule has 1 aliphatic heterocycles. The molecule has 0 radical (unpaired) electrons. The third-order valence-electron chi connectivity index (χ3n) is 2.83. The lowest BCUT2D eigenvalue weighted by atomic mass is 10.2. The van der Waals surface area contributed by atoms with Crippen molar-refractivity contribution in [2.45, 2.75) is 6.42 Å².